The predicted molar refractivity (Wildman–Crippen MR) is 108 cm³/mol. The monoisotopic (exact) mass is 436 g/mol. The highest BCUT2D eigenvalue weighted by atomic mass is 16.5. The maximum atomic E-state index is 12.2. The Morgan fingerprint density at radius 2 is 1.35 bits per heavy atom. The quantitative estimate of drug-likeness (QED) is 0.341. The van der Waals surface area contributed by atoms with Gasteiger partial charge < -0.3 is 25.2 Å². The van der Waals surface area contributed by atoms with Gasteiger partial charge in [0.1, 0.15) is 6.04 Å². The molecule has 0 aliphatic rings. The maximum absolute atomic E-state index is 12.2. The number of nitrogens with one attached hydrogen (secondary N) is 2. The smallest absolute Gasteiger partial charge is 0.326 e. The SMILES string of the molecule is COC(=O)C(C(=O)OC)[C@H](C)[C@H](NC(=O)CCC(=O)N[C@H](C)c1ccccc1)C(=O)O. The molecule has 0 aromatic heterocycles. The molecule has 0 bridgehead atoms. The standard InChI is InChI=1S/C21H28N2O8/c1-12(17(20(28)30-3)21(29)31-4)18(19(26)27)23-16(25)11-10-15(24)22-13(2)14-8-6-5-7-9-14/h5-9,12-13,17-18H,10-11H2,1-4H3,(H,22,24)(H,23,25)(H,26,27)/t12-,13+,18-/m0/s1. The molecule has 3 atom stereocenters. The van der Waals surface area contributed by atoms with Crippen molar-refractivity contribution in [3.05, 3.63) is 35.9 Å². The van der Waals surface area contributed by atoms with Gasteiger partial charge in [-0.2, -0.15) is 0 Å². The third kappa shape index (κ3) is 7.72. The van der Waals surface area contributed by atoms with Gasteiger partial charge in [0.2, 0.25) is 11.8 Å². The first-order valence-corrected chi connectivity index (χ1v) is 9.64. The zero-order chi connectivity index (χ0) is 23.6. The molecule has 1 rings (SSSR count). The van der Waals surface area contributed by atoms with Gasteiger partial charge in [0, 0.05) is 18.8 Å². The van der Waals surface area contributed by atoms with Crippen LogP contribution in [0.4, 0.5) is 0 Å². The number of amides is 2. The lowest BCUT2D eigenvalue weighted by Crippen LogP contribution is -2.50. The average molecular weight is 436 g/mol. The second-order valence-corrected chi connectivity index (χ2v) is 6.97. The lowest BCUT2D eigenvalue weighted by Gasteiger charge is -2.26. The molecule has 0 fully saturated rings. The Morgan fingerprint density at radius 3 is 1.81 bits per heavy atom. The second kappa shape index (κ2) is 12.3. The minimum atomic E-state index is -1.57. The Bertz CT molecular complexity index is 780. The van der Waals surface area contributed by atoms with Crippen LogP contribution in [-0.2, 0) is 33.4 Å². The fourth-order valence-corrected chi connectivity index (χ4v) is 3.00. The molecule has 0 aliphatic heterocycles. The van der Waals surface area contributed by atoms with E-state index in [1.807, 2.05) is 30.3 Å². The van der Waals surface area contributed by atoms with Crippen molar-refractivity contribution in [2.75, 3.05) is 14.2 Å². The molecule has 0 saturated heterocycles. The zero-order valence-electron chi connectivity index (χ0n) is 17.9. The molecule has 31 heavy (non-hydrogen) atoms. The van der Waals surface area contributed by atoms with Crippen LogP contribution in [0.3, 0.4) is 0 Å². The number of carboxylic acid groups (broad SMARTS) is 1. The summed E-state index contributed by atoms with van der Waals surface area (Å²) < 4.78 is 9.09. The van der Waals surface area contributed by atoms with Crippen molar-refractivity contribution in [2.24, 2.45) is 11.8 Å². The van der Waals surface area contributed by atoms with Gasteiger partial charge in [-0.15, -0.1) is 0 Å². The highest BCUT2D eigenvalue weighted by Crippen LogP contribution is 2.20. The molecule has 0 unspecified atom stereocenters. The number of carbonyl (C=O) groups is 5. The Balaban J connectivity index is 2.70. The number of ether oxygens (including phenoxy) is 2. The first-order chi connectivity index (χ1) is 14.6. The number of hydrogen-bond acceptors (Lipinski definition) is 7. The van der Waals surface area contributed by atoms with Gasteiger partial charge >= 0.3 is 17.9 Å². The van der Waals surface area contributed by atoms with E-state index in [0.717, 1.165) is 19.8 Å². The third-order valence-electron chi connectivity index (χ3n) is 4.80. The summed E-state index contributed by atoms with van der Waals surface area (Å²) in [6, 6.07) is 7.42. The molecule has 3 N–H and O–H groups in total. The van der Waals surface area contributed by atoms with Crippen molar-refractivity contribution in [3.8, 4) is 0 Å². The highest BCUT2D eigenvalue weighted by molar-refractivity contribution is 5.96. The summed E-state index contributed by atoms with van der Waals surface area (Å²) in [4.78, 5) is 59.8. The van der Waals surface area contributed by atoms with Crippen LogP contribution < -0.4 is 10.6 Å². The van der Waals surface area contributed by atoms with E-state index >= 15 is 0 Å². The molecular weight excluding hydrogens is 408 g/mol. The summed E-state index contributed by atoms with van der Waals surface area (Å²) in [5.74, 6) is -7.19. The van der Waals surface area contributed by atoms with Crippen LogP contribution in [0.5, 0.6) is 0 Å². The first-order valence-electron chi connectivity index (χ1n) is 9.64. The van der Waals surface area contributed by atoms with E-state index in [2.05, 4.69) is 20.1 Å². The molecule has 2 amide bonds. The van der Waals surface area contributed by atoms with Crippen LogP contribution in [0.2, 0.25) is 0 Å². The Hall–Kier alpha value is -3.43. The molecule has 1 aromatic carbocycles. The molecule has 0 aliphatic carbocycles. The minimum absolute atomic E-state index is 0.166. The van der Waals surface area contributed by atoms with Gasteiger partial charge in [-0.1, -0.05) is 37.3 Å². The largest absolute Gasteiger partial charge is 0.480 e. The van der Waals surface area contributed by atoms with Crippen molar-refractivity contribution in [2.45, 2.75) is 38.8 Å². The number of esters is 2. The topological polar surface area (TPSA) is 148 Å². The zero-order valence-corrected chi connectivity index (χ0v) is 17.9. The van der Waals surface area contributed by atoms with E-state index in [9.17, 15) is 29.1 Å². The van der Waals surface area contributed by atoms with Gasteiger partial charge in [0.25, 0.3) is 0 Å². The molecular formula is C21H28N2O8. The lowest BCUT2D eigenvalue weighted by molar-refractivity contribution is -0.163. The van der Waals surface area contributed by atoms with Crippen molar-refractivity contribution < 1.29 is 38.6 Å². The number of carbonyl (C=O) groups excluding carboxylic acids is 4. The summed E-state index contributed by atoms with van der Waals surface area (Å²) in [6.45, 7) is 3.11. The van der Waals surface area contributed by atoms with Crippen molar-refractivity contribution in [1.82, 2.24) is 10.6 Å². The van der Waals surface area contributed by atoms with Crippen molar-refractivity contribution >= 4 is 29.7 Å². The summed E-state index contributed by atoms with van der Waals surface area (Å²) in [5.41, 5.74) is 0.900. The van der Waals surface area contributed by atoms with Gasteiger partial charge in [-0.3, -0.25) is 19.2 Å². The molecule has 170 valence electrons. The summed E-state index contributed by atoms with van der Waals surface area (Å²) in [5, 5.41) is 14.5. The summed E-state index contributed by atoms with van der Waals surface area (Å²) >= 11 is 0. The van der Waals surface area contributed by atoms with E-state index in [1.54, 1.807) is 6.92 Å². The van der Waals surface area contributed by atoms with Crippen LogP contribution in [0.15, 0.2) is 30.3 Å². The molecule has 10 heteroatoms. The highest BCUT2D eigenvalue weighted by Gasteiger charge is 2.42. The summed E-state index contributed by atoms with van der Waals surface area (Å²) in [6.07, 6.45) is -0.438. The van der Waals surface area contributed by atoms with Crippen LogP contribution in [0.1, 0.15) is 38.3 Å². The average Bonchev–Trinajstić information content (AvgIpc) is 2.75. The molecule has 0 saturated carbocycles. The molecule has 0 radical (unpaired) electrons. The van der Waals surface area contributed by atoms with Gasteiger partial charge in [0.15, 0.2) is 5.92 Å². The Morgan fingerprint density at radius 1 is 0.871 bits per heavy atom. The third-order valence-corrected chi connectivity index (χ3v) is 4.80. The lowest BCUT2D eigenvalue weighted by atomic mass is 9.87. The van der Waals surface area contributed by atoms with E-state index in [0.29, 0.717) is 0 Å². The van der Waals surface area contributed by atoms with E-state index < -0.39 is 41.7 Å². The predicted octanol–water partition coefficient (Wildman–Crippen LogP) is 0.812. The number of methoxy groups -OCH3 is 2. The molecule has 0 heterocycles. The number of hydrogen-bond donors (Lipinski definition) is 3. The van der Waals surface area contributed by atoms with Gasteiger partial charge in [-0.25, -0.2) is 4.79 Å². The Labute approximate surface area is 180 Å². The number of aliphatic carboxylic acids is 1. The first kappa shape index (κ1) is 25.6. The van der Waals surface area contributed by atoms with Crippen molar-refractivity contribution in [3.63, 3.8) is 0 Å². The van der Waals surface area contributed by atoms with Crippen LogP contribution >= 0.6 is 0 Å². The summed E-state index contributed by atoms with van der Waals surface area (Å²) in [7, 11) is 2.10. The molecule has 1 aromatic rings. The Kier molecular flexibility index (Phi) is 10.2. The van der Waals surface area contributed by atoms with Crippen molar-refractivity contribution in [1.29, 1.82) is 0 Å². The number of benzene rings is 1. The molecule has 10 nitrogen and oxygen atoms in total. The fourth-order valence-electron chi connectivity index (χ4n) is 3.00. The van der Waals surface area contributed by atoms with Crippen LogP contribution in [0.25, 0.3) is 0 Å². The van der Waals surface area contributed by atoms with E-state index in [4.69, 9.17) is 0 Å². The number of carboxylic acids is 1. The number of rotatable bonds is 11. The van der Waals surface area contributed by atoms with Gasteiger partial charge in [-0.05, 0) is 12.5 Å². The van der Waals surface area contributed by atoms with E-state index in [1.165, 1.54) is 6.92 Å². The van der Waals surface area contributed by atoms with Crippen LogP contribution in [0, 0.1) is 11.8 Å². The normalized spacial score (nSPS) is 13.5. The van der Waals surface area contributed by atoms with E-state index in [-0.39, 0.29) is 24.8 Å². The maximum Gasteiger partial charge on any atom is 0.326 e. The van der Waals surface area contributed by atoms with Crippen LogP contribution in [-0.4, -0.2) is 55.1 Å². The fraction of sp³-hybridized carbons (Fsp3) is 0.476. The second-order valence-electron chi connectivity index (χ2n) is 6.97. The van der Waals surface area contributed by atoms with Gasteiger partial charge in [0.05, 0.1) is 20.3 Å². The molecule has 0 spiro atoms. The minimum Gasteiger partial charge on any atom is -0.480 e.